The van der Waals surface area contributed by atoms with Gasteiger partial charge in [0.2, 0.25) is 5.91 Å². The molecule has 0 radical (unpaired) electrons. The molecule has 0 saturated heterocycles. The van der Waals surface area contributed by atoms with E-state index in [1.807, 2.05) is 0 Å². The van der Waals surface area contributed by atoms with Crippen molar-refractivity contribution in [1.82, 2.24) is 5.48 Å². The molecule has 0 atom stereocenters. The van der Waals surface area contributed by atoms with E-state index in [1.165, 1.54) is 23.7 Å². The van der Waals surface area contributed by atoms with E-state index in [1.54, 1.807) is 0 Å². The first kappa shape index (κ1) is 10.5. The fourth-order valence-corrected chi connectivity index (χ4v) is 1.15. The maximum absolute atomic E-state index is 11.0. The van der Waals surface area contributed by atoms with E-state index in [0.29, 0.717) is 0 Å². The van der Waals surface area contributed by atoms with Gasteiger partial charge in [-0.1, -0.05) is 11.6 Å². The number of carbonyl (C=O) groups excluding carboxylic acids is 2. The average molecular weight is 215 g/mol. The van der Waals surface area contributed by atoms with E-state index in [4.69, 9.17) is 22.5 Å². The minimum atomic E-state index is -0.810. The number of carbonyl (C=O) groups is 2. The van der Waals surface area contributed by atoms with Crippen molar-refractivity contribution in [1.29, 1.82) is 0 Å². The van der Waals surface area contributed by atoms with Crippen LogP contribution in [0.4, 0.5) is 0 Å². The Morgan fingerprint density at radius 3 is 2.50 bits per heavy atom. The molecule has 0 heterocycles. The summed E-state index contributed by atoms with van der Waals surface area (Å²) in [5, 5.41) is 8.66. The van der Waals surface area contributed by atoms with Gasteiger partial charge in [0, 0.05) is 5.02 Å². The van der Waals surface area contributed by atoms with Crippen LogP contribution in [0.25, 0.3) is 0 Å². The lowest BCUT2D eigenvalue weighted by Crippen LogP contribution is -2.23. The van der Waals surface area contributed by atoms with Crippen molar-refractivity contribution in [2.24, 2.45) is 5.73 Å². The lowest BCUT2D eigenvalue weighted by molar-refractivity contribution is 0.0702. The summed E-state index contributed by atoms with van der Waals surface area (Å²) in [5.74, 6) is -1.60. The van der Waals surface area contributed by atoms with E-state index in [2.05, 4.69) is 0 Å². The second kappa shape index (κ2) is 4.08. The zero-order valence-corrected chi connectivity index (χ0v) is 7.71. The number of amides is 2. The largest absolute Gasteiger partial charge is 0.366 e. The van der Waals surface area contributed by atoms with E-state index < -0.39 is 11.8 Å². The van der Waals surface area contributed by atoms with Crippen molar-refractivity contribution in [3.8, 4) is 0 Å². The van der Waals surface area contributed by atoms with Crippen molar-refractivity contribution >= 4 is 23.4 Å². The van der Waals surface area contributed by atoms with Gasteiger partial charge < -0.3 is 5.73 Å². The molecule has 0 bridgehead atoms. The molecular weight excluding hydrogens is 208 g/mol. The predicted molar refractivity (Wildman–Crippen MR) is 49.2 cm³/mol. The van der Waals surface area contributed by atoms with Gasteiger partial charge in [0.05, 0.1) is 11.1 Å². The van der Waals surface area contributed by atoms with Crippen LogP contribution in [0, 0.1) is 0 Å². The molecule has 4 N–H and O–H groups in total. The monoisotopic (exact) mass is 214 g/mol. The van der Waals surface area contributed by atoms with Crippen LogP contribution in [0.3, 0.4) is 0 Å². The maximum atomic E-state index is 11.0. The van der Waals surface area contributed by atoms with Gasteiger partial charge in [-0.25, -0.2) is 5.48 Å². The normalized spacial score (nSPS) is 9.57. The Balaban J connectivity index is 3.28. The highest BCUT2D eigenvalue weighted by molar-refractivity contribution is 6.31. The summed E-state index contributed by atoms with van der Waals surface area (Å²) in [6.45, 7) is 0. The summed E-state index contributed by atoms with van der Waals surface area (Å²) in [7, 11) is 0. The number of nitrogens with one attached hydrogen (secondary N) is 1. The van der Waals surface area contributed by atoms with Crippen LogP contribution >= 0.6 is 11.6 Å². The topological polar surface area (TPSA) is 92.4 Å². The number of hydrogen-bond acceptors (Lipinski definition) is 3. The predicted octanol–water partition coefficient (Wildman–Crippen LogP) is 0.558. The summed E-state index contributed by atoms with van der Waals surface area (Å²) in [6.07, 6.45) is 0. The first-order chi connectivity index (χ1) is 6.56. The Kier molecular flexibility index (Phi) is 3.06. The third-order valence-electron chi connectivity index (χ3n) is 1.59. The Hall–Kier alpha value is -1.59. The number of primary amides is 1. The van der Waals surface area contributed by atoms with Gasteiger partial charge in [-0.2, -0.15) is 0 Å². The van der Waals surface area contributed by atoms with Crippen LogP contribution in [0.5, 0.6) is 0 Å². The van der Waals surface area contributed by atoms with Crippen molar-refractivity contribution in [2.45, 2.75) is 0 Å². The second-order valence-corrected chi connectivity index (χ2v) is 2.93. The molecule has 0 unspecified atom stereocenters. The lowest BCUT2D eigenvalue weighted by Gasteiger charge is -2.04. The smallest absolute Gasteiger partial charge is 0.275 e. The van der Waals surface area contributed by atoms with Crippen molar-refractivity contribution in [3.63, 3.8) is 0 Å². The first-order valence-electron chi connectivity index (χ1n) is 3.60. The van der Waals surface area contributed by atoms with Crippen LogP contribution < -0.4 is 11.2 Å². The number of hydrogen-bond donors (Lipinski definition) is 3. The standard InChI is InChI=1S/C8H7ClN2O3/c9-4-1-2-5(8(13)11-14)6(3-4)7(10)12/h1-3,14H,(H2,10,12)(H,11,13). The summed E-state index contributed by atoms with van der Waals surface area (Å²) >= 11 is 5.61. The van der Waals surface area contributed by atoms with Gasteiger partial charge in [-0.15, -0.1) is 0 Å². The molecule has 1 aromatic carbocycles. The van der Waals surface area contributed by atoms with Crippen molar-refractivity contribution in [2.75, 3.05) is 0 Å². The molecule has 1 aromatic rings. The molecule has 0 aliphatic heterocycles. The maximum Gasteiger partial charge on any atom is 0.275 e. The summed E-state index contributed by atoms with van der Waals surface area (Å²) in [6, 6.07) is 3.97. The van der Waals surface area contributed by atoms with Crippen LogP contribution in [0.2, 0.25) is 5.02 Å². The number of nitrogens with two attached hydrogens (primary N) is 1. The van der Waals surface area contributed by atoms with E-state index >= 15 is 0 Å². The first-order valence-corrected chi connectivity index (χ1v) is 3.98. The molecule has 0 fully saturated rings. The fourth-order valence-electron chi connectivity index (χ4n) is 0.979. The number of rotatable bonds is 2. The Morgan fingerprint density at radius 2 is 2.00 bits per heavy atom. The molecule has 14 heavy (non-hydrogen) atoms. The molecule has 0 aliphatic carbocycles. The number of halogens is 1. The van der Waals surface area contributed by atoms with Gasteiger partial charge >= 0.3 is 0 Å². The summed E-state index contributed by atoms with van der Waals surface area (Å²) in [4.78, 5) is 21.9. The SMILES string of the molecule is NC(=O)c1cc(Cl)ccc1C(=O)NO. The van der Waals surface area contributed by atoms with E-state index in [-0.39, 0.29) is 16.1 Å². The Bertz CT molecular complexity index is 392. The third kappa shape index (κ3) is 2.01. The van der Waals surface area contributed by atoms with Crippen molar-refractivity contribution in [3.05, 3.63) is 34.3 Å². The Labute approximate surface area is 84.4 Å². The molecular formula is C8H7ClN2O3. The number of benzene rings is 1. The minimum Gasteiger partial charge on any atom is -0.366 e. The highest BCUT2D eigenvalue weighted by Gasteiger charge is 2.14. The summed E-state index contributed by atoms with van der Waals surface area (Å²) < 4.78 is 0. The van der Waals surface area contributed by atoms with Crippen molar-refractivity contribution < 1.29 is 14.8 Å². The van der Waals surface area contributed by atoms with Crippen LogP contribution in [-0.2, 0) is 0 Å². The molecule has 0 aromatic heterocycles. The minimum absolute atomic E-state index is 0.0237. The van der Waals surface area contributed by atoms with Gasteiger partial charge in [0.1, 0.15) is 0 Å². The zero-order chi connectivity index (χ0) is 10.7. The van der Waals surface area contributed by atoms with Crippen LogP contribution in [0.15, 0.2) is 18.2 Å². The zero-order valence-electron chi connectivity index (χ0n) is 6.95. The molecule has 2 amide bonds. The molecule has 0 aliphatic rings. The fraction of sp³-hybridized carbons (Fsp3) is 0. The molecule has 5 nitrogen and oxygen atoms in total. The van der Waals surface area contributed by atoms with Crippen LogP contribution in [-0.4, -0.2) is 17.0 Å². The molecule has 74 valence electrons. The van der Waals surface area contributed by atoms with Gasteiger partial charge in [0.15, 0.2) is 0 Å². The summed E-state index contributed by atoms with van der Waals surface area (Å²) in [5.41, 5.74) is 6.36. The number of hydroxylamine groups is 1. The second-order valence-electron chi connectivity index (χ2n) is 2.50. The quantitative estimate of drug-likeness (QED) is 0.496. The van der Waals surface area contributed by atoms with Gasteiger partial charge in [0.25, 0.3) is 5.91 Å². The van der Waals surface area contributed by atoms with Gasteiger partial charge in [-0.3, -0.25) is 14.8 Å². The Morgan fingerprint density at radius 1 is 1.36 bits per heavy atom. The third-order valence-corrected chi connectivity index (χ3v) is 1.83. The van der Waals surface area contributed by atoms with E-state index in [9.17, 15) is 9.59 Å². The highest BCUT2D eigenvalue weighted by atomic mass is 35.5. The highest BCUT2D eigenvalue weighted by Crippen LogP contribution is 2.15. The molecule has 1 rings (SSSR count). The van der Waals surface area contributed by atoms with E-state index in [0.717, 1.165) is 0 Å². The molecule has 0 spiro atoms. The molecule has 6 heteroatoms. The average Bonchev–Trinajstić information content (AvgIpc) is 2.16. The molecule has 0 saturated carbocycles. The van der Waals surface area contributed by atoms with Gasteiger partial charge in [-0.05, 0) is 18.2 Å². The lowest BCUT2D eigenvalue weighted by atomic mass is 10.1. The van der Waals surface area contributed by atoms with Crippen LogP contribution in [0.1, 0.15) is 20.7 Å².